The van der Waals surface area contributed by atoms with E-state index in [1.165, 1.54) is 0 Å². The van der Waals surface area contributed by atoms with Gasteiger partial charge in [-0.1, -0.05) is 53.7 Å². The Morgan fingerprint density at radius 2 is 1.52 bits per heavy atom. The Labute approximate surface area is 145 Å². The van der Waals surface area contributed by atoms with Gasteiger partial charge in [0.05, 0.1) is 6.61 Å². The maximum absolute atomic E-state index is 13.0. The van der Waals surface area contributed by atoms with Crippen LogP contribution in [0, 0.1) is 0 Å². The molecule has 2 aromatic carbocycles. The van der Waals surface area contributed by atoms with Gasteiger partial charge in [0.25, 0.3) is 0 Å². The highest BCUT2D eigenvalue weighted by atomic mass is 19.4. The summed E-state index contributed by atoms with van der Waals surface area (Å²) in [7, 11) is 0. The topological polar surface area (TPSA) is 30.8 Å². The van der Waals surface area contributed by atoms with E-state index < -0.39 is 11.9 Å². The molecule has 0 aliphatic rings. The molecule has 2 aromatic rings. The minimum atomic E-state index is -4.49. The maximum Gasteiger partial charge on any atom is 0.432 e. The van der Waals surface area contributed by atoms with E-state index in [-0.39, 0.29) is 13.0 Å². The number of nitrogens with zero attached hydrogens (tertiary/aromatic N) is 1. The summed E-state index contributed by atoms with van der Waals surface area (Å²) in [5.74, 6) is 0.707. The predicted octanol–water partition coefficient (Wildman–Crippen LogP) is 5.37. The number of oxime groups is 1. The van der Waals surface area contributed by atoms with E-state index in [1.54, 1.807) is 36.4 Å². The largest absolute Gasteiger partial charge is 0.494 e. The molecule has 0 saturated heterocycles. The Bertz CT molecular complexity index is 643. The average Bonchev–Trinajstić information content (AvgIpc) is 2.61. The van der Waals surface area contributed by atoms with Crippen LogP contribution in [0.4, 0.5) is 13.2 Å². The molecule has 0 aliphatic heterocycles. The van der Waals surface area contributed by atoms with E-state index in [0.29, 0.717) is 25.2 Å². The van der Waals surface area contributed by atoms with Crippen LogP contribution in [0.1, 0.15) is 24.8 Å². The normalized spacial score (nSPS) is 12.0. The van der Waals surface area contributed by atoms with Gasteiger partial charge in [-0.05, 0) is 37.0 Å². The Balaban J connectivity index is 1.74. The highest BCUT2D eigenvalue weighted by Crippen LogP contribution is 2.21. The summed E-state index contributed by atoms with van der Waals surface area (Å²) in [5, 5.41) is 3.30. The van der Waals surface area contributed by atoms with Gasteiger partial charge in [0.1, 0.15) is 12.4 Å². The molecule has 0 aliphatic carbocycles. The molecule has 6 heteroatoms. The molecule has 0 bridgehead atoms. The summed E-state index contributed by atoms with van der Waals surface area (Å²) in [6.45, 7) is 0.373. The van der Waals surface area contributed by atoms with Crippen LogP contribution in [-0.2, 0) is 11.4 Å². The van der Waals surface area contributed by atoms with Crippen LogP contribution in [-0.4, -0.2) is 18.5 Å². The number of alkyl halides is 3. The number of unbranched alkanes of at least 4 members (excludes halogenated alkanes) is 1. The third-order valence-electron chi connectivity index (χ3n) is 3.40. The van der Waals surface area contributed by atoms with Gasteiger partial charge in [-0.25, -0.2) is 0 Å². The van der Waals surface area contributed by atoms with Gasteiger partial charge in [-0.2, -0.15) is 13.2 Å². The molecule has 0 heterocycles. The molecule has 0 saturated carbocycles. The van der Waals surface area contributed by atoms with Gasteiger partial charge < -0.3 is 9.57 Å². The summed E-state index contributed by atoms with van der Waals surface area (Å²) in [4.78, 5) is 4.87. The first kappa shape index (κ1) is 18.8. The smallest absolute Gasteiger partial charge is 0.432 e. The molecule has 0 amide bonds. The van der Waals surface area contributed by atoms with Crippen LogP contribution in [0.25, 0.3) is 0 Å². The standard InChI is InChI=1S/C19H20F3NO2/c20-19(21,22)18(23-25-15-16-9-3-1-4-10-16)13-7-8-14-24-17-11-5-2-6-12-17/h1-6,9-12H,7-8,13-15H2/b23-18-. The minimum absolute atomic E-state index is 0.0114. The highest BCUT2D eigenvalue weighted by molar-refractivity contribution is 5.89. The second kappa shape index (κ2) is 9.71. The van der Waals surface area contributed by atoms with Crippen molar-refractivity contribution in [1.82, 2.24) is 0 Å². The average molecular weight is 351 g/mol. The molecule has 0 N–H and O–H groups in total. The third kappa shape index (κ3) is 7.28. The quantitative estimate of drug-likeness (QED) is 0.345. The lowest BCUT2D eigenvalue weighted by Gasteiger charge is -2.11. The molecule has 134 valence electrons. The lowest BCUT2D eigenvalue weighted by molar-refractivity contribution is -0.0646. The lowest BCUT2D eigenvalue weighted by Crippen LogP contribution is -2.23. The Hall–Kier alpha value is -2.50. The maximum atomic E-state index is 13.0. The third-order valence-corrected chi connectivity index (χ3v) is 3.40. The van der Waals surface area contributed by atoms with Gasteiger partial charge in [0.2, 0.25) is 0 Å². The number of ether oxygens (including phenoxy) is 1. The van der Waals surface area contributed by atoms with Gasteiger partial charge in [0.15, 0.2) is 5.71 Å². The Morgan fingerprint density at radius 1 is 0.880 bits per heavy atom. The van der Waals surface area contributed by atoms with E-state index in [4.69, 9.17) is 9.57 Å². The summed E-state index contributed by atoms with van der Waals surface area (Å²) in [6.07, 6.45) is -3.87. The van der Waals surface area contributed by atoms with Gasteiger partial charge in [-0.15, -0.1) is 0 Å². The minimum Gasteiger partial charge on any atom is -0.494 e. The Morgan fingerprint density at radius 3 is 2.16 bits per heavy atom. The summed E-state index contributed by atoms with van der Waals surface area (Å²) < 4.78 is 44.4. The zero-order valence-electron chi connectivity index (χ0n) is 13.7. The fourth-order valence-corrected chi connectivity index (χ4v) is 2.10. The van der Waals surface area contributed by atoms with Gasteiger partial charge >= 0.3 is 6.18 Å². The number of hydrogen-bond acceptors (Lipinski definition) is 3. The van der Waals surface area contributed by atoms with E-state index in [1.807, 2.05) is 24.3 Å². The molecule has 0 unspecified atom stereocenters. The van der Waals surface area contributed by atoms with Crippen LogP contribution in [0.3, 0.4) is 0 Å². The van der Waals surface area contributed by atoms with Crippen molar-refractivity contribution in [2.75, 3.05) is 6.61 Å². The summed E-state index contributed by atoms with van der Waals surface area (Å²) >= 11 is 0. The predicted molar refractivity (Wildman–Crippen MR) is 90.5 cm³/mol. The first-order valence-electron chi connectivity index (χ1n) is 8.03. The first-order valence-corrected chi connectivity index (χ1v) is 8.03. The molecular formula is C19H20F3NO2. The van der Waals surface area contributed by atoms with Crippen molar-refractivity contribution in [3.63, 3.8) is 0 Å². The van der Waals surface area contributed by atoms with Crippen molar-refractivity contribution in [2.24, 2.45) is 5.16 Å². The second-order valence-corrected chi connectivity index (χ2v) is 5.41. The molecule has 0 atom stereocenters. The SMILES string of the molecule is FC(F)(F)/C(CCCCOc1ccccc1)=N\OCc1ccccc1. The van der Waals surface area contributed by atoms with Gasteiger partial charge in [0, 0.05) is 0 Å². The number of rotatable bonds is 9. The van der Waals surface area contributed by atoms with Crippen LogP contribution < -0.4 is 4.74 Å². The molecular weight excluding hydrogens is 331 g/mol. The molecule has 25 heavy (non-hydrogen) atoms. The van der Waals surface area contributed by atoms with Crippen molar-refractivity contribution in [3.8, 4) is 5.75 Å². The summed E-state index contributed by atoms with van der Waals surface area (Å²) in [6, 6.07) is 18.1. The number of halogens is 3. The highest BCUT2D eigenvalue weighted by Gasteiger charge is 2.35. The van der Waals surface area contributed by atoms with Crippen LogP contribution >= 0.6 is 0 Å². The monoisotopic (exact) mass is 351 g/mol. The van der Waals surface area contributed by atoms with E-state index in [0.717, 1.165) is 5.56 Å². The fraction of sp³-hybridized carbons (Fsp3) is 0.316. The molecule has 0 fully saturated rings. The van der Waals surface area contributed by atoms with Crippen molar-refractivity contribution in [2.45, 2.75) is 32.0 Å². The zero-order chi connectivity index (χ0) is 18.0. The number of para-hydroxylation sites is 1. The zero-order valence-corrected chi connectivity index (χ0v) is 13.7. The van der Waals surface area contributed by atoms with Crippen molar-refractivity contribution in [1.29, 1.82) is 0 Å². The molecule has 0 spiro atoms. The Kier molecular flexibility index (Phi) is 7.32. The van der Waals surface area contributed by atoms with E-state index >= 15 is 0 Å². The van der Waals surface area contributed by atoms with Crippen molar-refractivity contribution >= 4 is 5.71 Å². The van der Waals surface area contributed by atoms with Crippen LogP contribution in [0.15, 0.2) is 65.8 Å². The number of hydrogen-bond donors (Lipinski definition) is 0. The first-order chi connectivity index (χ1) is 12.1. The number of benzene rings is 2. The fourth-order valence-electron chi connectivity index (χ4n) is 2.10. The second-order valence-electron chi connectivity index (χ2n) is 5.41. The van der Waals surface area contributed by atoms with Gasteiger partial charge in [-0.3, -0.25) is 0 Å². The van der Waals surface area contributed by atoms with E-state index in [9.17, 15) is 13.2 Å². The molecule has 3 nitrogen and oxygen atoms in total. The molecule has 2 rings (SSSR count). The molecule has 0 radical (unpaired) electrons. The summed E-state index contributed by atoms with van der Waals surface area (Å²) in [5.41, 5.74) is -0.132. The van der Waals surface area contributed by atoms with E-state index in [2.05, 4.69) is 5.16 Å². The van der Waals surface area contributed by atoms with Crippen molar-refractivity contribution in [3.05, 3.63) is 66.2 Å². The van der Waals surface area contributed by atoms with Crippen molar-refractivity contribution < 1.29 is 22.7 Å². The molecule has 0 aromatic heterocycles. The van der Waals surface area contributed by atoms with Crippen LogP contribution in [0.2, 0.25) is 0 Å². The van der Waals surface area contributed by atoms with Crippen LogP contribution in [0.5, 0.6) is 5.75 Å². The lowest BCUT2D eigenvalue weighted by atomic mass is 10.1.